The van der Waals surface area contributed by atoms with E-state index in [9.17, 15) is 13.2 Å². The quantitative estimate of drug-likeness (QED) is 0.758. The predicted molar refractivity (Wildman–Crippen MR) is 68.5 cm³/mol. The zero-order valence-electron chi connectivity index (χ0n) is 10.4. The zero-order valence-corrected chi connectivity index (χ0v) is 11.2. The molecule has 0 bridgehead atoms. The molecule has 0 radical (unpaired) electrons. The molecule has 0 saturated heterocycles. The van der Waals surface area contributed by atoms with E-state index in [-0.39, 0.29) is 11.7 Å². The molecule has 0 spiro atoms. The first-order chi connectivity index (χ1) is 8.55. The van der Waals surface area contributed by atoms with Crippen LogP contribution in [0, 0.1) is 5.92 Å². The smallest absolute Gasteiger partial charge is 0.154 e. The lowest BCUT2D eigenvalue weighted by Crippen LogP contribution is -2.12. The average molecular weight is 268 g/mol. The van der Waals surface area contributed by atoms with E-state index in [0.29, 0.717) is 0 Å². The first-order valence-corrected chi connectivity index (χ1v) is 7.57. The third-order valence-corrected chi connectivity index (χ3v) is 5.72. The summed E-state index contributed by atoms with van der Waals surface area (Å²) in [7, 11) is -1.59. The number of benzene rings is 1. The standard InChI is InChI=1S/C13H16O4S/c1-3-18(15,16)13-11(8-14)12(13)9-4-6-10(17-2)7-5-9/h4-8,11-13H,3H2,1-2H3/t11-,12-,13+/m0/s1. The molecule has 0 N–H and O–H groups in total. The fourth-order valence-electron chi connectivity index (χ4n) is 2.36. The second kappa shape index (κ2) is 4.72. The maximum atomic E-state index is 11.9. The Morgan fingerprint density at radius 1 is 1.28 bits per heavy atom. The van der Waals surface area contributed by atoms with Gasteiger partial charge in [0, 0.05) is 17.6 Å². The number of carbonyl (C=O) groups is 1. The summed E-state index contributed by atoms with van der Waals surface area (Å²) in [4.78, 5) is 11.0. The summed E-state index contributed by atoms with van der Waals surface area (Å²) in [6, 6.07) is 7.21. The molecule has 98 valence electrons. The van der Waals surface area contributed by atoms with Gasteiger partial charge in [0.05, 0.1) is 12.4 Å². The van der Waals surface area contributed by atoms with Crippen molar-refractivity contribution in [1.82, 2.24) is 0 Å². The van der Waals surface area contributed by atoms with Gasteiger partial charge in [0.2, 0.25) is 0 Å². The van der Waals surface area contributed by atoms with Gasteiger partial charge in [-0.05, 0) is 17.7 Å². The summed E-state index contributed by atoms with van der Waals surface area (Å²) in [6.45, 7) is 1.61. The Balaban J connectivity index is 2.26. The van der Waals surface area contributed by atoms with Gasteiger partial charge in [0.15, 0.2) is 9.84 Å². The summed E-state index contributed by atoms with van der Waals surface area (Å²) in [5, 5.41) is -0.548. The van der Waals surface area contributed by atoms with Crippen molar-refractivity contribution >= 4 is 16.1 Å². The SMILES string of the molecule is CCS(=O)(=O)[C@@H]1[C@@H](C=O)[C@@H]1c1ccc(OC)cc1. The minimum atomic E-state index is -3.16. The largest absolute Gasteiger partial charge is 0.497 e. The number of aldehydes is 1. The Kier molecular flexibility index (Phi) is 3.43. The van der Waals surface area contributed by atoms with Gasteiger partial charge in [-0.1, -0.05) is 19.1 Å². The van der Waals surface area contributed by atoms with Crippen molar-refractivity contribution in [2.24, 2.45) is 5.92 Å². The summed E-state index contributed by atoms with van der Waals surface area (Å²) >= 11 is 0. The second-order valence-electron chi connectivity index (χ2n) is 4.43. The van der Waals surface area contributed by atoms with Crippen molar-refractivity contribution in [2.75, 3.05) is 12.9 Å². The minimum absolute atomic E-state index is 0.0780. The van der Waals surface area contributed by atoms with Crippen LogP contribution >= 0.6 is 0 Å². The van der Waals surface area contributed by atoms with E-state index < -0.39 is 21.0 Å². The van der Waals surface area contributed by atoms with Crippen LogP contribution in [0.3, 0.4) is 0 Å². The topological polar surface area (TPSA) is 60.4 Å². The molecule has 1 fully saturated rings. The fraction of sp³-hybridized carbons (Fsp3) is 0.462. The van der Waals surface area contributed by atoms with E-state index in [2.05, 4.69) is 0 Å². The van der Waals surface area contributed by atoms with E-state index in [0.717, 1.165) is 17.6 Å². The Bertz CT molecular complexity index is 533. The zero-order chi connectivity index (χ0) is 13.3. The van der Waals surface area contributed by atoms with Gasteiger partial charge in [-0.25, -0.2) is 8.42 Å². The van der Waals surface area contributed by atoms with Crippen LogP contribution in [0.15, 0.2) is 24.3 Å². The molecule has 1 aliphatic carbocycles. The highest BCUT2D eigenvalue weighted by Gasteiger charge is 2.57. The molecular weight excluding hydrogens is 252 g/mol. The Morgan fingerprint density at radius 3 is 2.33 bits per heavy atom. The number of carbonyl (C=O) groups excluding carboxylic acids is 1. The van der Waals surface area contributed by atoms with E-state index in [1.165, 1.54) is 0 Å². The van der Waals surface area contributed by atoms with Gasteiger partial charge in [0.25, 0.3) is 0 Å². The van der Waals surface area contributed by atoms with Crippen molar-refractivity contribution in [3.05, 3.63) is 29.8 Å². The number of sulfone groups is 1. The van der Waals surface area contributed by atoms with Gasteiger partial charge < -0.3 is 9.53 Å². The normalized spacial score (nSPS) is 26.7. The second-order valence-corrected chi connectivity index (χ2v) is 6.88. The van der Waals surface area contributed by atoms with Crippen LogP contribution in [-0.2, 0) is 14.6 Å². The van der Waals surface area contributed by atoms with E-state index in [1.54, 1.807) is 26.2 Å². The maximum absolute atomic E-state index is 11.9. The Morgan fingerprint density at radius 2 is 1.89 bits per heavy atom. The van der Waals surface area contributed by atoms with Crippen LogP contribution in [0.5, 0.6) is 5.75 Å². The number of ether oxygens (including phenoxy) is 1. The lowest BCUT2D eigenvalue weighted by atomic mass is 10.1. The molecule has 3 atom stereocenters. The van der Waals surface area contributed by atoms with Crippen LogP contribution in [0.1, 0.15) is 18.4 Å². The van der Waals surface area contributed by atoms with Crippen molar-refractivity contribution < 1.29 is 17.9 Å². The van der Waals surface area contributed by atoms with Gasteiger partial charge in [-0.2, -0.15) is 0 Å². The van der Waals surface area contributed by atoms with E-state index in [4.69, 9.17) is 4.74 Å². The fourth-order valence-corrected chi connectivity index (χ4v) is 4.15. The predicted octanol–water partition coefficient (Wildman–Crippen LogP) is 1.41. The van der Waals surface area contributed by atoms with Crippen molar-refractivity contribution in [3.63, 3.8) is 0 Å². The van der Waals surface area contributed by atoms with Crippen molar-refractivity contribution in [3.8, 4) is 5.75 Å². The molecule has 1 aromatic rings. The average Bonchev–Trinajstić information content (AvgIpc) is 3.14. The third-order valence-electron chi connectivity index (χ3n) is 3.48. The Hall–Kier alpha value is -1.36. The van der Waals surface area contributed by atoms with Crippen LogP contribution in [0.25, 0.3) is 0 Å². The number of methoxy groups -OCH3 is 1. The third kappa shape index (κ3) is 2.14. The molecular formula is C13H16O4S. The molecule has 0 aromatic heterocycles. The van der Waals surface area contributed by atoms with Crippen LogP contribution in [0.4, 0.5) is 0 Å². The molecule has 18 heavy (non-hydrogen) atoms. The molecule has 0 unspecified atom stereocenters. The summed E-state index contributed by atoms with van der Waals surface area (Å²) in [5.74, 6) is 0.202. The molecule has 0 amide bonds. The number of rotatable bonds is 5. The molecule has 2 rings (SSSR count). The lowest BCUT2D eigenvalue weighted by molar-refractivity contribution is -0.108. The monoisotopic (exact) mass is 268 g/mol. The highest BCUT2D eigenvalue weighted by Crippen LogP contribution is 2.51. The Labute approximate surface area is 107 Å². The molecule has 1 aliphatic rings. The van der Waals surface area contributed by atoms with E-state index >= 15 is 0 Å². The molecule has 4 nitrogen and oxygen atoms in total. The van der Waals surface area contributed by atoms with Crippen molar-refractivity contribution in [1.29, 1.82) is 0 Å². The van der Waals surface area contributed by atoms with Crippen molar-refractivity contribution in [2.45, 2.75) is 18.1 Å². The summed E-state index contributed by atoms with van der Waals surface area (Å²) < 4.78 is 28.8. The van der Waals surface area contributed by atoms with Gasteiger partial charge in [-0.3, -0.25) is 0 Å². The molecule has 5 heteroatoms. The van der Waals surface area contributed by atoms with E-state index in [1.807, 2.05) is 12.1 Å². The molecule has 1 aromatic carbocycles. The van der Waals surface area contributed by atoms with Gasteiger partial charge >= 0.3 is 0 Å². The highest BCUT2D eigenvalue weighted by atomic mass is 32.2. The summed E-state index contributed by atoms with van der Waals surface area (Å²) in [5.41, 5.74) is 0.884. The lowest BCUT2D eigenvalue weighted by Gasteiger charge is -2.03. The number of hydrogen-bond donors (Lipinski definition) is 0. The van der Waals surface area contributed by atoms with Gasteiger partial charge in [0.1, 0.15) is 12.0 Å². The minimum Gasteiger partial charge on any atom is -0.497 e. The first-order valence-electron chi connectivity index (χ1n) is 5.86. The molecule has 0 aliphatic heterocycles. The van der Waals surface area contributed by atoms with Crippen LogP contribution in [-0.4, -0.2) is 32.8 Å². The maximum Gasteiger partial charge on any atom is 0.154 e. The van der Waals surface area contributed by atoms with Crippen LogP contribution in [0.2, 0.25) is 0 Å². The van der Waals surface area contributed by atoms with Gasteiger partial charge in [-0.15, -0.1) is 0 Å². The van der Waals surface area contributed by atoms with Crippen LogP contribution < -0.4 is 4.74 Å². The molecule has 0 heterocycles. The molecule has 1 saturated carbocycles. The summed E-state index contributed by atoms with van der Waals surface area (Å²) in [6.07, 6.45) is 0.757. The first kappa shape index (κ1) is 13.1. The highest BCUT2D eigenvalue weighted by molar-refractivity contribution is 7.92. The number of hydrogen-bond acceptors (Lipinski definition) is 4.